The van der Waals surface area contributed by atoms with Crippen molar-refractivity contribution in [3.63, 3.8) is 0 Å². The lowest BCUT2D eigenvalue weighted by molar-refractivity contribution is -0.143. The van der Waals surface area contributed by atoms with Gasteiger partial charge in [-0.1, -0.05) is 0 Å². The normalized spacial score (nSPS) is 13.3. The van der Waals surface area contributed by atoms with Crippen LogP contribution in [0.25, 0.3) is 0 Å². The highest BCUT2D eigenvalue weighted by Crippen LogP contribution is 2.24. The van der Waals surface area contributed by atoms with Gasteiger partial charge in [-0.15, -0.1) is 0 Å². The molecular formula is C14H13NO6. The van der Waals surface area contributed by atoms with Gasteiger partial charge in [-0.25, -0.2) is 4.79 Å². The molecule has 7 heteroatoms. The highest BCUT2D eigenvalue weighted by atomic mass is 16.5. The number of hydrogen-bond donors (Lipinski definition) is 1. The average Bonchev–Trinajstić information content (AvgIpc) is 2.69. The number of ether oxygens (including phenoxy) is 1. The maximum Gasteiger partial charge on any atom is 0.335 e. The molecular weight excluding hydrogens is 278 g/mol. The fourth-order valence-electron chi connectivity index (χ4n) is 2.06. The standard InChI is InChI=1S/C14H13NO6/c1-2-21-11(16)5-6-15-12(17)9-4-3-8(14(19)20)7-10(9)13(15)18/h3-4,7H,2,5-6H2,1H3,(H,19,20). The van der Waals surface area contributed by atoms with Crippen LogP contribution in [0.15, 0.2) is 18.2 Å². The Bertz CT molecular complexity index is 636. The number of imide groups is 1. The Hall–Kier alpha value is -2.70. The van der Waals surface area contributed by atoms with Crippen molar-refractivity contribution in [1.82, 2.24) is 4.90 Å². The molecule has 1 heterocycles. The van der Waals surface area contributed by atoms with Gasteiger partial charge in [0.25, 0.3) is 11.8 Å². The molecule has 1 aromatic carbocycles. The molecule has 2 amide bonds. The van der Waals surface area contributed by atoms with Crippen LogP contribution in [-0.4, -0.2) is 46.9 Å². The minimum absolute atomic E-state index is 0.0451. The summed E-state index contributed by atoms with van der Waals surface area (Å²) >= 11 is 0. The molecule has 1 aromatic rings. The minimum Gasteiger partial charge on any atom is -0.478 e. The first-order valence-corrected chi connectivity index (χ1v) is 6.35. The van der Waals surface area contributed by atoms with Crippen molar-refractivity contribution in [3.05, 3.63) is 34.9 Å². The molecule has 0 fully saturated rings. The fraction of sp³-hybridized carbons (Fsp3) is 0.286. The van der Waals surface area contributed by atoms with E-state index >= 15 is 0 Å². The summed E-state index contributed by atoms with van der Waals surface area (Å²) in [5.74, 6) is -2.80. The number of nitrogens with zero attached hydrogens (tertiary/aromatic N) is 1. The first-order valence-electron chi connectivity index (χ1n) is 6.35. The first kappa shape index (κ1) is 14.7. The predicted molar refractivity (Wildman–Crippen MR) is 70.0 cm³/mol. The third-order valence-electron chi connectivity index (χ3n) is 3.06. The molecule has 0 aliphatic carbocycles. The molecule has 1 aliphatic rings. The zero-order valence-corrected chi connectivity index (χ0v) is 11.3. The van der Waals surface area contributed by atoms with Gasteiger partial charge in [-0.05, 0) is 25.1 Å². The van der Waals surface area contributed by atoms with Crippen LogP contribution in [0.1, 0.15) is 44.4 Å². The Morgan fingerprint density at radius 1 is 1.19 bits per heavy atom. The van der Waals surface area contributed by atoms with Crippen molar-refractivity contribution in [2.45, 2.75) is 13.3 Å². The van der Waals surface area contributed by atoms with E-state index in [0.29, 0.717) is 0 Å². The van der Waals surface area contributed by atoms with Gasteiger partial charge >= 0.3 is 11.9 Å². The Balaban J connectivity index is 2.18. The number of hydrogen-bond acceptors (Lipinski definition) is 5. The third kappa shape index (κ3) is 2.76. The van der Waals surface area contributed by atoms with Crippen LogP contribution in [-0.2, 0) is 9.53 Å². The second-order valence-corrected chi connectivity index (χ2v) is 4.38. The number of carboxylic acids is 1. The van der Waals surface area contributed by atoms with E-state index in [9.17, 15) is 19.2 Å². The van der Waals surface area contributed by atoms with Crippen LogP contribution >= 0.6 is 0 Å². The number of carbonyl (C=O) groups excluding carboxylic acids is 3. The molecule has 110 valence electrons. The highest BCUT2D eigenvalue weighted by molar-refractivity contribution is 6.22. The minimum atomic E-state index is -1.18. The average molecular weight is 291 g/mol. The van der Waals surface area contributed by atoms with Gasteiger partial charge in [0.05, 0.1) is 29.7 Å². The van der Waals surface area contributed by atoms with Crippen LogP contribution in [0.3, 0.4) is 0 Å². The number of benzene rings is 1. The number of amides is 2. The summed E-state index contributed by atoms with van der Waals surface area (Å²) in [6.45, 7) is 1.80. The molecule has 7 nitrogen and oxygen atoms in total. The van der Waals surface area contributed by atoms with Gasteiger partial charge in [0.15, 0.2) is 0 Å². The smallest absolute Gasteiger partial charge is 0.335 e. The monoisotopic (exact) mass is 291 g/mol. The number of aromatic carboxylic acids is 1. The Labute approximate surface area is 120 Å². The Morgan fingerprint density at radius 2 is 1.86 bits per heavy atom. The lowest BCUT2D eigenvalue weighted by atomic mass is 10.1. The summed E-state index contributed by atoms with van der Waals surface area (Å²) in [5, 5.41) is 8.90. The van der Waals surface area contributed by atoms with E-state index in [1.54, 1.807) is 6.92 Å². The lowest BCUT2D eigenvalue weighted by Crippen LogP contribution is -2.32. The second kappa shape index (κ2) is 5.74. The van der Waals surface area contributed by atoms with Gasteiger partial charge in [-0.3, -0.25) is 19.3 Å². The van der Waals surface area contributed by atoms with E-state index in [1.165, 1.54) is 18.2 Å². The lowest BCUT2D eigenvalue weighted by Gasteiger charge is -2.12. The number of carboxylic acid groups (broad SMARTS) is 1. The first-order chi connectivity index (χ1) is 9.95. The summed E-state index contributed by atoms with van der Waals surface area (Å²) in [6, 6.07) is 3.74. The van der Waals surface area contributed by atoms with Crippen LogP contribution in [0, 0.1) is 0 Å². The molecule has 0 atom stereocenters. The topological polar surface area (TPSA) is 101 Å². The fourth-order valence-corrected chi connectivity index (χ4v) is 2.06. The third-order valence-corrected chi connectivity index (χ3v) is 3.06. The number of rotatable bonds is 5. The zero-order chi connectivity index (χ0) is 15.6. The van der Waals surface area contributed by atoms with Crippen LogP contribution in [0.2, 0.25) is 0 Å². The SMILES string of the molecule is CCOC(=O)CCN1C(=O)c2ccc(C(=O)O)cc2C1=O. The van der Waals surface area contributed by atoms with Crippen molar-refractivity contribution in [2.24, 2.45) is 0 Å². The van der Waals surface area contributed by atoms with E-state index in [1.807, 2.05) is 0 Å². The molecule has 0 spiro atoms. The second-order valence-electron chi connectivity index (χ2n) is 4.38. The maximum absolute atomic E-state index is 12.1. The van der Waals surface area contributed by atoms with Crippen molar-refractivity contribution in [1.29, 1.82) is 0 Å². The predicted octanol–water partition coefficient (Wildman–Crippen LogP) is 0.934. The van der Waals surface area contributed by atoms with Gasteiger partial charge in [-0.2, -0.15) is 0 Å². The summed E-state index contributed by atoms with van der Waals surface area (Å²) in [6.07, 6.45) is -0.0922. The van der Waals surface area contributed by atoms with Crippen molar-refractivity contribution < 1.29 is 29.0 Å². The van der Waals surface area contributed by atoms with Crippen molar-refractivity contribution >= 4 is 23.8 Å². The van der Waals surface area contributed by atoms with E-state index in [4.69, 9.17) is 9.84 Å². The highest BCUT2D eigenvalue weighted by Gasteiger charge is 2.36. The van der Waals surface area contributed by atoms with Gasteiger partial charge in [0, 0.05) is 6.54 Å². The molecule has 1 aliphatic heterocycles. The molecule has 21 heavy (non-hydrogen) atoms. The van der Waals surface area contributed by atoms with Crippen molar-refractivity contribution in [2.75, 3.05) is 13.2 Å². The molecule has 0 saturated carbocycles. The summed E-state index contributed by atoms with van der Waals surface area (Å²) in [4.78, 5) is 47.3. The molecule has 0 saturated heterocycles. The van der Waals surface area contributed by atoms with Gasteiger partial charge < -0.3 is 9.84 Å². The van der Waals surface area contributed by atoms with E-state index in [2.05, 4.69) is 0 Å². The summed E-state index contributed by atoms with van der Waals surface area (Å²) in [7, 11) is 0. The molecule has 2 rings (SSSR count). The van der Waals surface area contributed by atoms with Crippen molar-refractivity contribution in [3.8, 4) is 0 Å². The molecule has 0 radical (unpaired) electrons. The zero-order valence-electron chi connectivity index (χ0n) is 11.3. The number of carbonyl (C=O) groups is 4. The Kier molecular flexibility index (Phi) is 4.02. The summed E-state index contributed by atoms with van der Waals surface area (Å²) < 4.78 is 4.73. The van der Waals surface area contributed by atoms with Gasteiger partial charge in [0.2, 0.25) is 0 Å². The summed E-state index contributed by atoms with van der Waals surface area (Å²) in [5.41, 5.74) is 0.125. The van der Waals surface area contributed by atoms with Crippen LogP contribution < -0.4 is 0 Å². The van der Waals surface area contributed by atoms with Crippen LogP contribution in [0.4, 0.5) is 0 Å². The maximum atomic E-state index is 12.1. The molecule has 0 aromatic heterocycles. The largest absolute Gasteiger partial charge is 0.478 e. The number of fused-ring (bicyclic) bond motifs is 1. The number of esters is 1. The van der Waals surface area contributed by atoms with E-state index in [0.717, 1.165) is 4.90 Å². The molecule has 1 N–H and O–H groups in total. The van der Waals surface area contributed by atoms with Gasteiger partial charge in [0.1, 0.15) is 0 Å². The Morgan fingerprint density at radius 3 is 2.48 bits per heavy atom. The molecule has 0 bridgehead atoms. The molecule has 0 unspecified atom stereocenters. The van der Waals surface area contributed by atoms with E-state index in [-0.39, 0.29) is 36.3 Å². The van der Waals surface area contributed by atoms with Crippen LogP contribution in [0.5, 0.6) is 0 Å². The van der Waals surface area contributed by atoms with E-state index < -0.39 is 23.8 Å². The quantitative estimate of drug-likeness (QED) is 0.640.